The Bertz CT molecular complexity index is 297. The van der Waals surface area contributed by atoms with Crippen molar-refractivity contribution in [1.82, 2.24) is 14.7 Å². The van der Waals surface area contributed by atoms with Gasteiger partial charge in [0.25, 0.3) is 0 Å². The standard InChI is InChI=1S/C10H17N3O/c1-12-4-2-3-9(6-12)7-13-8-10(14)5-11-13/h5,8-9,14H,2-4,6-7H2,1H3. The molecule has 0 bridgehead atoms. The summed E-state index contributed by atoms with van der Waals surface area (Å²) in [5.74, 6) is 0.933. The predicted molar refractivity (Wildman–Crippen MR) is 54.1 cm³/mol. The highest BCUT2D eigenvalue weighted by atomic mass is 16.3. The summed E-state index contributed by atoms with van der Waals surface area (Å²) in [4.78, 5) is 2.36. The van der Waals surface area contributed by atoms with Crippen molar-refractivity contribution in [2.75, 3.05) is 20.1 Å². The van der Waals surface area contributed by atoms with Crippen LogP contribution in [0.15, 0.2) is 12.4 Å². The minimum atomic E-state index is 0.258. The van der Waals surface area contributed by atoms with Crippen LogP contribution in [0, 0.1) is 5.92 Å². The molecule has 4 nitrogen and oxygen atoms in total. The van der Waals surface area contributed by atoms with Gasteiger partial charge in [0.05, 0.1) is 12.4 Å². The van der Waals surface area contributed by atoms with E-state index in [0.29, 0.717) is 5.92 Å². The van der Waals surface area contributed by atoms with Gasteiger partial charge in [-0.1, -0.05) is 0 Å². The minimum absolute atomic E-state index is 0.258. The summed E-state index contributed by atoms with van der Waals surface area (Å²) in [6.07, 6.45) is 5.72. The highest BCUT2D eigenvalue weighted by molar-refractivity contribution is 5.08. The predicted octanol–water partition coefficient (Wildman–Crippen LogP) is 0.930. The second kappa shape index (κ2) is 4.00. The maximum absolute atomic E-state index is 9.14. The maximum Gasteiger partial charge on any atom is 0.153 e. The number of rotatable bonds is 2. The molecule has 4 heteroatoms. The SMILES string of the molecule is CN1CCCC(Cn2cc(O)cn2)C1. The molecule has 0 amide bonds. The van der Waals surface area contributed by atoms with E-state index in [-0.39, 0.29) is 5.75 Å². The molecule has 2 heterocycles. The van der Waals surface area contributed by atoms with Crippen LogP contribution in [0.5, 0.6) is 5.75 Å². The third-order valence-electron chi connectivity index (χ3n) is 2.79. The Hall–Kier alpha value is -1.03. The van der Waals surface area contributed by atoms with Gasteiger partial charge in [-0.05, 0) is 32.4 Å². The van der Waals surface area contributed by atoms with Crippen LogP contribution < -0.4 is 0 Å². The second-order valence-electron chi connectivity index (χ2n) is 4.19. The lowest BCUT2D eigenvalue weighted by Crippen LogP contribution is -2.34. The minimum Gasteiger partial charge on any atom is -0.505 e. The van der Waals surface area contributed by atoms with Crippen molar-refractivity contribution in [2.45, 2.75) is 19.4 Å². The number of piperidine rings is 1. The van der Waals surface area contributed by atoms with Gasteiger partial charge in [0.2, 0.25) is 0 Å². The molecule has 1 N–H and O–H groups in total. The molecule has 1 saturated heterocycles. The van der Waals surface area contributed by atoms with Crippen molar-refractivity contribution < 1.29 is 5.11 Å². The van der Waals surface area contributed by atoms with E-state index in [4.69, 9.17) is 5.11 Å². The van der Waals surface area contributed by atoms with Gasteiger partial charge in [0.1, 0.15) is 0 Å². The Morgan fingerprint density at radius 2 is 2.50 bits per heavy atom. The summed E-state index contributed by atoms with van der Waals surface area (Å²) in [6.45, 7) is 3.27. The quantitative estimate of drug-likeness (QED) is 0.763. The van der Waals surface area contributed by atoms with Crippen LogP contribution in [0.4, 0.5) is 0 Å². The number of hydrogen-bond acceptors (Lipinski definition) is 3. The molecule has 0 aromatic carbocycles. The Labute approximate surface area is 84.1 Å². The summed E-state index contributed by atoms with van der Waals surface area (Å²) in [7, 11) is 2.16. The van der Waals surface area contributed by atoms with Crippen molar-refractivity contribution in [1.29, 1.82) is 0 Å². The van der Waals surface area contributed by atoms with Gasteiger partial charge in [-0.3, -0.25) is 4.68 Å². The maximum atomic E-state index is 9.14. The van der Waals surface area contributed by atoms with E-state index in [1.54, 1.807) is 6.20 Å². The molecule has 1 fully saturated rings. The van der Waals surface area contributed by atoms with Gasteiger partial charge in [-0.25, -0.2) is 0 Å². The van der Waals surface area contributed by atoms with Gasteiger partial charge >= 0.3 is 0 Å². The van der Waals surface area contributed by atoms with Crippen molar-refractivity contribution in [2.24, 2.45) is 5.92 Å². The number of aromatic hydroxyl groups is 1. The third kappa shape index (κ3) is 2.26. The smallest absolute Gasteiger partial charge is 0.153 e. The zero-order chi connectivity index (χ0) is 9.97. The van der Waals surface area contributed by atoms with E-state index in [2.05, 4.69) is 17.0 Å². The molecule has 0 saturated carbocycles. The highest BCUT2D eigenvalue weighted by Gasteiger charge is 2.17. The van der Waals surface area contributed by atoms with Gasteiger partial charge < -0.3 is 10.0 Å². The Morgan fingerprint density at radius 3 is 3.14 bits per heavy atom. The largest absolute Gasteiger partial charge is 0.505 e. The first-order valence-corrected chi connectivity index (χ1v) is 5.14. The van der Waals surface area contributed by atoms with E-state index in [9.17, 15) is 0 Å². The van der Waals surface area contributed by atoms with Crippen LogP contribution in [0.3, 0.4) is 0 Å². The fourth-order valence-electron chi connectivity index (χ4n) is 2.14. The fraction of sp³-hybridized carbons (Fsp3) is 0.700. The molecule has 0 radical (unpaired) electrons. The van der Waals surface area contributed by atoms with E-state index in [0.717, 1.165) is 13.1 Å². The van der Waals surface area contributed by atoms with Crippen molar-refractivity contribution in [3.8, 4) is 5.75 Å². The van der Waals surface area contributed by atoms with Crippen molar-refractivity contribution in [3.05, 3.63) is 12.4 Å². The Morgan fingerprint density at radius 1 is 1.64 bits per heavy atom. The summed E-state index contributed by atoms with van der Waals surface area (Å²) >= 11 is 0. The molecule has 2 rings (SSSR count). The van der Waals surface area contributed by atoms with E-state index in [1.807, 2.05) is 4.68 Å². The van der Waals surface area contributed by atoms with Crippen molar-refractivity contribution >= 4 is 0 Å². The van der Waals surface area contributed by atoms with Crippen LogP contribution in [-0.2, 0) is 6.54 Å². The lowest BCUT2D eigenvalue weighted by Gasteiger charge is -2.29. The molecule has 0 aliphatic carbocycles. The van der Waals surface area contributed by atoms with Gasteiger partial charge in [0.15, 0.2) is 5.75 Å². The zero-order valence-electron chi connectivity index (χ0n) is 8.56. The summed E-state index contributed by atoms with van der Waals surface area (Å²) < 4.78 is 1.83. The van der Waals surface area contributed by atoms with Crippen LogP contribution in [0.1, 0.15) is 12.8 Å². The highest BCUT2D eigenvalue weighted by Crippen LogP contribution is 2.17. The molecule has 0 spiro atoms. The van der Waals surface area contributed by atoms with Gasteiger partial charge in [0, 0.05) is 13.1 Å². The van der Waals surface area contributed by atoms with E-state index in [1.165, 1.54) is 25.6 Å². The first-order valence-electron chi connectivity index (χ1n) is 5.14. The van der Waals surface area contributed by atoms with Gasteiger partial charge in [-0.15, -0.1) is 0 Å². The number of aromatic nitrogens is 2. The lowest BCUT2D eigenvalue weighted by molar-refractivity contribution is 0.190. The molecule has 1 aliphatic rings. The molecular formula is C10H17N3O. The molecule has 1 aromatic heterocycles. The fourth-order valence-corrected chi connectivity index (χ4v) is 2.14. The van der Waals surface area contributed by atoms with Crippen LogP contribution in [0.25, 0.3) is 0 Å². The number of hydrogen-bond donors (Lipinski definition) is 1. The molecule has 1 atom stereocenters. The topological polar surface area (TPSA) is 41.3 Å². The normalized spacial score (nSPS) is 23.9. The zero-order valence-corrected chi connectivity index (χ0v) is 8.56. The van der Waals surface area contributed by atoms with Crippen LogP contribution in [-0.4, -0.2) is 39.9 Å². The average Bonchev–Trinajstić information content (AvgIpc) is 2.51. The Kier molecular flexibility index (Phi) is 2.72. The first kappa shape index (κ1) is 9.52. The van der Waals surface area contributed by atoms with Crippen molar-refractivity contribution in [3.63, 3.8) is 0 Å². The van der Waals surface area contributed by atoms with Crippen LogP contribution >= 0.6 is 0 Å². The monoisotopic (exact) mass is 195 g/mol. The van der Waals surface area contributed by atoms with E-state index >= 15 is 0 Å². The first-order chi connectivity index (χ1) is 6.74. The molecule has 1 unspecified atom stereocenters. The summed E-state index contributed by atoms with van der Waals surface area (Å²) in [6, 6.07) is 0. The molecule has 1 aliphatic heterocycles. The van der Waals surface area contributed by atoms with Crippen LogP contribution in [0.2, 0.25) is 0 Å². The van der Waals surface area contributed by atoms with E-state index < -0.39 is 0 Å². The second-order valence-corrected chi connectivity index (χ2v) is 4.19. The number of likely N-dealkylation sites (tertiary alicyclic amines) is 1. The number of nitrogens with zero attached hydrogens (tertiary/aromatic N) is 3. The lowest BCUT2D eigenvalue weighted by atomic mass is 9.99. The van der Waals surface area contributed by atoms with Gasteiger partial charge in [-0.2, -0.15) is 5.10 Å². The molecule has 78 valence electrons. The molecule has 1 aromatic rings. The Balaban J connectivity index is 1.90. The summed E-state index contributed by atoms with van der Waals surface area (Å²) in [5.41, 5.74) is 0. The third-order valence-corrected chi connectivity index (χ3v) is 2.79. The summed E-state index contributed by atoms with van der Waals surface area (Å²) in [5, 5.41) is 13.2. The molecule has 14 heavy (non-hydrogen) atoms. The molecular weight excluding hydrogens is 178 g/mol. The average molecular weight is 195 g/mol.